The van der Waals surface area contributed by atoms with Crippen molar-refractivity contribution < 1.29 is 0 Å². The molecule has 3 unspecified atom stereocenters. The SMILES string of the molecule is CC1CC2CCCC(CNC(C(C#N)C#N)C(C#N)C#N)(C1)C2. The molecule has 120 valence electrons. The van der Waals surface area contributed by atoms with Gasteiger partial charge in [0.25, 0.3) is 0 Å². The van der Waals surface area contributed by atoms with Crippen LogP contribution in [0.25, 0.3) is 0 Å². The highest BCUT2D eigenvalue weighted by molar-refractivity contribution is 5.16. The fraction of sp³-hybridized carbons (Fsp3) is 0.778. The van der Waals surface area contributed by atoms with E-state index in [1.54, 1.807) is 0 Å². The lowest BCUT2D eigenvalue weighted by molar-refractivity contribution is 0.0417. The van der Waals surface area contributed by atoms with Crippen LogP contribution in [-0.2, 0) is 0 Å². The van der Waals surface area contributed by atoms with Gasteiger partial charge < -0.3 is 5.32 Å². The Balaban J connectivity index is 2.12. The van der Waals surface area contributed by atoms with Gasteiger partial charge in [-0.1, -0.05) is 19.8 Å². The second-order valence-corrected chi connectivity index (χ2v) is 7.39. The van der Waals surface area contributed by atoms with E-state index in [4.69, 9.17) is 21.0 Å². The molecule has 2 fully saturated rings. The van der Waals surface area contributed by atoms with Crippen LogP contribution < -0.4 is 5.32 Å². The van der Waals surface area contributed by atoms with Gasteiger partial charge in [0.05, 0.1) is 30.3 Å². The number of nitriles is 4. The van der Waals surface area contributed by atoms with Gasteiger partial charge in [0.15, 0.2) is 11.8 Å². The predicted molar refractivity (Wildman–Crippen MR) is 84.0 cm³/mol. The molecule has 0 saturated heterocycles. The second-order valence-electron chi connectivity index (χ2n) is 7.39. The van der Waals surface area contributed by atoms with Crippen LogP contribution in [0.4, 0.5) is 0 Å². The van der Waals surface area contributed by atoms with Gasteiger partial charge in [0, 0.05) is 6.54 Å². The van der Waals surface area contributed by atoms with Crippen molar-refractivity contribution in [2.45, 2.75) is 51.5 Å². The molecule has 0 spiro atoms. The second kappa shape index (κ2) is 7.46. The number of nitrogens with one attached hydrogen (secondary N) is 1. The van der Waals surface area contributed by atoms with E-state index in [1.807, 2.05) is 24.3 Å². The largest absolute Gasteiger partial charge is 0.309 e. The van der Waals surface area contributed by atoms with E-state index < -0.39 is 17.9 Å². The minimum atomic E-state index is -0.976. The molecule has 5 nitrogen and oxygen atoms in total. The van der Waals surface area contributed by atoms with Gasteiger partial charge in [-0.2, -0.15) is 21.0 Å². The third-order valence-electron chi connectivity index (χ3n) is 5.55. The van der Waals surface area contributed by atoms with Crippen molar-refractivity contribution in [3.8, 4) is 24.3 Å². The molecule has 2 saturated carbocycles. The molecule has 2 rings (SSSR count). The molecule has 0 aliphatic heterocycles. The molecule has 2 aliphatic rings. The topological polar surface area (TPSA) is 107 Å². The van der Waals surface area contributed by atoms with Crippen LogP contribution >= 0.6 is 0 Å². The van der Waals surface area contributed by atoms with Gasteiger partial charge in [-0.3, -0.25) is 0 Å². The average molecular weight is 309 g/mol. The third kappa shape index (κ3) is 3.82. The molecule has 0 aromatic rings. The van der Waals surface area contributed by atoms with Crippen molar-refractivity contribution in [1.29, 1.82) is 21.0 Å². The first-order chi connectivity index (χ1) is 11.1. The highest BCUT2D eigenvalue weighted by Crippen LogP contribution is 2.50. The quantitative estimate of drug-likeness (QED) is 0.840. The Morgan fingerprint density at radius 3 is 2.22 bits per heavy atom. The number of hydrogen-bond acceptors (Lipinski definition) is 5. The molecule has 2 aliphatic carbocycles. The van der Waals surface area contributed by atoms with Crippen LogP contribution in [-0.4, -0.2) is 12.6 Å². The van der Waals surface area contributed by atoms with Crippen LogP contribution in [0.3, 0.4) is 0 Å². The zero-order valence-electron chi connectivity index (χ0n) is 13.6. The molecular formula is C18H23N5. The Labute approximate surface area is 138 Å². The van der Waals surface area contributed by atoms with E-state index in [2.05, 4.69) is 12.2 Å². The maximum Gasteiger partial charge on any atom is 0.150 e. The predicted octanol–water partition coefficient (Wildman–Crippen LogP) is 2.88. The van der Waals surface area contributed by atoms with Crippen LogP contribution in [0.15, 0.2) is 0 Å². The van der Waals surface area contributed by atoms with Crippen LogP contribution in [0, 0.1) is 74.4 Å². The molecule has 2 bridgehead atoms. The van der Waals surface area contributed by atoms with Crippen LogP contribution in [0.5, 0.6) is 0 Å². The molecule has 23 heavy (non-hydrogen) atoms. The Bertz CT molecular complexity index is 522. The maximum absolute atomic E-state index is 9.16. The average Bonchev–Trinajstić information content (AvgIpc) is 2.53. The summed E-state index contributed by atoms with van der Waals surface area (Å²) in [7, 11) is 0. The van der Waals surface area contributed by atoms with Crippen molar-refractivity contribution in [2.75, 3.05) is 6.54 Å². The van der Waals surface area contributed by atoms with E-state index in [0.717, 1.165) is 18.8 Å². The van der Waals surface area contributed by atoms with E-state index in [0.29, 0.717) is 12.5 Å². The van der Waals surface area contributed by atoms with Crippen LogP contribution in [0.1, 0.15) is 45.4 Å². The lowest BCUT2D eigenvalue weighted by atomic mass is 9.59. The standard InChI is InChI=1S/C18H23N5/c1-13-5-14-3-2-4-18(6-13,7-14)12-23-17(15(8-19)9-20)16(10-21)11-22/h13-17,23H,2-7,12H2,1H3. The van der Waals surface area contributed by atoms with Crippen molar-refractivity contribution in [3.63, 3.8) is 0 Å². The van der Waals surface area contributed by atoms with E-state index in [1.165, 1.54) is 25.7 Å². The summed E-state index contributed by atoms with van der Waals surface area (Å²) < 4.78 is 0. The first kappa shape index (κ1) is 17.3. The van der Waals surface area contributed by atoms with Crippen molar-refractivity contribution in [2.24, 2.45) is 29.1 Å². The molecule has 0 heterocycles. The number of fused-ring (bicyclic) bond motifs is 2. The molecule has 5 heteroatoms. The van der Waals surface area contributed by atoms with Gasteiger partial charge in [-0.05, 0) is 42.9 Å². The monoisotopic (exact) mass is 309 g/mol. The Kier molecular flexibility index (Phi) is 5.60. The third-order valence-corrected chi connectivity index (χ3v) is 5.55. The summed E-state index contributed by atoms with van der Waals surface area (Å²) in [6.07, 6.45) is 7.31. The van der Waals surface area contributed by atoms with Gasteiger partial charge in [0.2, 0.25) is 0 Å². The molecule has 0 aromatic carbocycles. The fourth-order valence-corrected chi connectivity index (χ4v) is 4.73. The lowest BCUT2D eigenvalue weighted by Crippen LogP contribution is -2.49. The van der Waals surface area contributed by atoms with Crippen molar-refractivity contribution >= 4 is 0 Å². The summed E-state index contributed by atoms with van der Waals surface area (Å²) in [5, 5.41) is 39.9. The first-order valence-corrected chi connectivity index (χ1v) is 8.39. The highest BCUT2D eigenvalue weighted by Gasteiger charge is 2.42. The summed E-state index contributed by atoms with van der Waals surface area (Å²) in [5.41, 5.74) is 0.198. The minimum Gasteiger partial charge on any atom is -0.309 e. The molecule has 0 radical (unpaired) electrons. The minimum absolute atomic E-state index is 0.198. The van der Waals surface area contributed by atoms with Crippen molar-refractivity contribution in [1.82, 2.24) is 5.32 Å². The zero-order valence-corrected chi connectivity index (χ0v) is 13.6. The lowest BCUT2D eigenvalue weighted by Gasteiger charge is -2.48. The molecule has 3 atom stereocenters. The van der Waals surface area contributed by atoms with Gasteiger partial charge >= 0.3 is 0 Å². The Hall–Kier alpha value is -2.08. The summed E-state index contributed by atoms with van der Waals surface area (Å²) in [4.78, 5) is 0. The summed E-state index contributed by atoms with van der Waals surface area (Å²) in [6, 6.07) is 7.00. The molecule has 0 aromatic heterocycles. The molecule has 1 N–H and O–H groups in total. The van der Waals surface area contributed by atoms with E-state index >= 15 is 0 Å². The summed E-state index contributed by atoms with van der Waals surface area (Å²) >= 11 is 0. The van der Waals surface area contributed by atoms with Crippen molar-refractivity contribution in [3.05, 3.63) is 0 Å². The molecule has 0 amide bonds. The van der Waals surface area contributed by atoms with Crippen LogP contribution in [0.2, 0.25) is 0 Å². The number of rotatable bonds is 5. The van der Waals surface area contributed by atoms with Gasteiger partial charge in [-0.15, -0.1) is 0 Å². The fourth-order valence-electron chi connectivity index (χ4n) is 4.73. The highest BCUT2D eigenvalue weighted by atomic mass is 14.9. The normalized spacial score (nSPS) is 29.6. The zero-order chi connectivity index (χ0) is 16.9. The first-order valence-electron chi connectivity index (χ1n) is 8.39. The Morgan fingerprint density at radius 2 is 1.65 bits per heavy atom. The van der Waals surface area contributed by atoms with E-state index in [9.17, 15) is 0 Å². The van der Waals surface area contributed by atoms with E-state index in [-0.39, 0.29) is 5.41 Å². The number of nitrogens with zero attached hydrogens (tertiary/aromatic N) is 4. The van der Waals surface area contributed by atoms with Gasteiger partial charge in [-0.25, -0.2) is 0 Å². The maximum atomic E-state index is 9.16. The Morgan fingerprint density at radius 1 is 1.04 bits per heavy atom. The summed E-state index contributed by atoms with van der Waals surface area (Å²) in [5.74, 6) is -0.481. The smallest absolute Gasteiger partial charge is 0.150 e. The number of hydrogen-bond donors (Lipinski definition) is 1. The molecular weight excluding hydrogens is 286 g/mol. The van der Waals surface area contributed by atoms with Gasteiger partial charge in [0.1, 0.15) is 0 Å². The summed E-state index contributed by atoms with van der Waals surface area (Å²) in [6.45, 7) is 2.99.